The SMILES string of the molecule is O=C1OC(c2ccccc2F)=NC1=Cc1ccccc1F. The molecule has 0 radical (unpaired) electrons. The number of carbonyl (C=O) groups excluding carboxylic acids is 1. The maximum absolute atomic E-state index is 13.6. The fraction of sp³-hybridized carbons (Fsp3) is 0. The number of aliphatic imine (C=N–C) groups is 1. The number of rotatable bonds is 2. The van der Waals surface area contributed by atoms with Gasteiger partial charge in [0.25, 0.3) is 0 Å². The monoisotopic (exact) mass is 285 g/mol. The first-order valence-electron chi connectivity index (χ1n) is 6.17. The molecule has 0 bridgehead atoms. The van der Waals surface area contributed by atoms with Crippen molar-refractivity contribution >= 4 is 17.9 Å². The highest BCUT2D eigenvalue weighted by Crippen LogP contribution is 2.21. The lowest BCUT2D eigenvalue weighted by Gasteiger charge is -1.99. The number of nitrogens with zero attached hydrogens (tertiary/aromatic N) is 1. The lowest BCUT2D eigenvalue weighted by Crippen LogP contribution is -2.07. The summed E-state index contributed by atoms with van der Waals surface area (Å²) in [4.78, 5) is 15.7. The summed E-state index contributed by atoms with van der Waals surface area (Å²) in [6.07, 6.45) is 1.27. The zero-order valence-electron chi connectivity index (χ0n) is 10.7. The lowest BCUT2D eigenvalue weighted by molar-refractivity contribution is -0.129. The van der Waals surface area contributed by atoms with E-state index in [0.717, 1.165) is 0 Å². The number of cyclic esters (lactones) is 1. The molecule has 0 amide bonds. The molecule has 1 heterocycles. The number of esters is 1. The highest BCUT2D eigenvalue weighted by atomic mass is 19.1. The molecule has 0 aromatic heterocycles. The summed E-state index contributed by atoms with van der Waals surface area (Å²) >= 11 is 0. The number of hydrogen-bond donors (Lipinski definition) is 0. The highest BCUT2D eigenvalue weighted by molar-refractivity contribution is 6.12. The average Bonchev–Trinajstić information content (AvgIpc) is 2.83. The summed E-state index contributed by atoms with van der Waals surface area (Å²) in [6.45, 7) is 0. The molecule has 0 saturated carbocycles. The molecule has 1 aliphatic heterocycles. The summed E-state index contributed by atoms with van der Waals surface area (Å²) in [5, 5.41) is 0. The molecular weight excluding hydrogens is 276 g/mol. The Balaban J connectivity index is 2.00. The van der Waals surface area contributed by atoms with Crippen molar-refractivity contribution in [3.8, 4) is 0 Å². The molecule has 21 heavy (non-hydrogen) atoms. The standard InChI is InChI=1S/C16H9F2NO2/c17-12-7-3-1-5-10(12)9-14-16(20)21-15(19-14)11-6-2-4-8-13(11)18/h1-9H. The third kappa shape index (κ3) is 2.58. The zero-order chi connectivity index (χ0) is 14.8. The van der Waals surface area contributed by atoms with Gasteiger partial charge in [0.05, 0.1) is 5.56 Å². The van der Waals surface area contributed by atoms with Crippen LogP contribution >= 0.6 is 0 Å². The highest BCUT2D eigenvalue weighted by Gasteiger charge is 2.26. The minimum atomic E-state index is -0.739. The Morgan fingerprint density at radius 3 is 2.33 bits per heavy atom. The van der Waals surface area contributed by atoms with Crippen LogP contribution in [0, 0.1) is 11.6 Å². The van der Waals surface area contributed by atoms with E-state index in [1.165, 1.54) is 36.4 Å². The molecule has 0 atom stereocenters. The second-order valence-corrected chi connectivity index (χ2v) is 4.34. The van der Waals surface area contributed by atoms with Gasteiger partial charge in [0, 0.05) is 5.56 Å². The topological polar surface area (TPSA) is 38.7 Å². The van der Waals surface area contributed by atoms with Crippen LogP contribution in [0.25, 0.3) is 6.08 Å². The second kappa shape index (κ2) is 5.28. The van der Waals surface area contributed by atoms with Gasteiger partial charge in [0.15, 0.2) is 5.70 Å². The number of ether oxygens (including phenoxy) is 1. The van der Waals surface area contributed by atoms with Gasteiger partial charge >= 0.3 is 5.97 Å². The van der Waals surface area contributed by atoms with Gasteiger partial charge in [-0.1, -0.05) is 30.3 Å². The summed E-state index contributed by atoms with van der Waals surface area (Å²) in [7, 11) is 0. The predicted molar refractivity (Wildman–Crippen MR) is 73.4 cm³/mol. The van der Waals surface area contributed by atoms with E-state index in [-0.39, 0.29) is 22.7 Å². The van der Waals surface area contributed by atoms with E-state index in [0.29, 0.717) is 0 Å². The van der Waals surface area contributed by atoms with E-state index >= 15 is 0 Å². The predicted octanol–water partition coefficient (Wildman–Crippen LogP) is 3.31. The van der Waals surface area contributed by atoms with E-state index in [1.54, 1.807) is 18.2 Å². The number of hydrogen-bond acceptors (Lipinski definition) is 3. The Kier molecular flexibility index (Phi) is 3.31. The van der Waals surface area contributed by atoms with Crippen LogP contribution in [0.15, 0.2) is 59.2 Å². The molecule has 0 unspecified atom stereocenters. The van der Waals surface area contributed by atoms with E-state index in [9.17, 15) is 13.6 Å². The van der Waals surface area contributed by atoms with Gasteiger partial charge in [-0.05, 0) is 24.3 Å². The van der Waals surface area contributed by atoms with Crippen LogP contribution in [0.3, 0.4) is 0 Å². The summed E-state index contributed by atoms with van der Waals surface area (Å²) < 4.78 is 32.1. The van der Waals surface area contributed by atoms with Crippen molar-refractivity contribution in [2.75, 3.05) is 0 Å². The Bertz CT molecular complexity index is 781. The van der Waals surface area contributed by atoms with Crippen molar-refractivity contribution in [2.24, 2.45) is 4.99 Å². The van der Waals surface area contributed by atoms with Gasteiger partial charge in [0.1, 0.15) is 11.6 Å². The fourth-order valence-corrected chi connectivity index (χ4v) is 1.90. The number of carbonyl (C=O) groups is 1. The van der Waals surface area contributed by atoms with Crippen molar-refractivity contribution in [1.29, 1.82) is 0 Å². The third-order valence-corrected chi connectivity index (χ3v) is 2.92. The van der Waals surface area contributed by atoms with Crippen molar-refractivity contribution in [1.82, 2.24) is 0 Å². The smallest absolute Gasteiger partial charge is 0.363 e. The maximum atomic E-state index is 13.6. The first kappa shape index (κ1) is 13.2. The molecule has 104 valence electrons. The lowest BCUT2D eigenvalue weighted by atomic mass is 10.2. The van der Waals surface area contributed by atoms with Crippen LogP contribution in [0.1, 0.15) is 11.1 Å². The van der Waals surface area contributed by atoms with Crippen LogP contribution in [0.2, 0.25) is 0 Å². The van der Waals surface area contributed by atoms with Gasteiger partial charge in [-0.25, -0.2) is 18.6 Å². The number of benzene rings is 2. The molecule has 0 fully saturated rings. The molecule has 0 aliphatic carbocycles. The molecule has 2 aromatic carbocycles. The fourth-order valence-electron chi connectivity index (χ4n) is 1.90. The zero-order valence-corrected chi connectivity index (χ0v) is 10.7. The van der Waals surface area contributed by atoms with E-state index in [2.05, 4.69) is 4.99 Å². The molecular formula is C16H9F2NO2. The quantitative estimate of drug-likeness (QED) is 0.627. The van der Waals surface area contributed by atoms with Gasteiger partial charge in [-0.2, -0.15) is 0 Å². The Morgan fingerprint density at radius 2 is 1.62 bits per heavy atom. The molecule has 0 N–H and O–H groups in total. The molecule has 2 aromatic rings. The molecule has 5 heteroatoms. The van der Waals surface area contributed by atoms with Gasteiger partial charge < -0.3 is 4.74 Å². The summed E-state index contributed by atoms with van der Waals surface area (Å²) in [5.74, 6) is -1.89. The Labute approximate surface area is 119 Å². The van der Waals surface area contributed by atoms with Crippen LogP contribution in [0.4, 0.5) is 8.78 Å². The first-order valence-corrected chi connectivity index (χ1v) is 6.17. The summed E-state index contributed by atoms with van der Waals surface area (Å²) in [5.41, 5.74) is 0.226. The third-order valence-electron chi connectivity index (χ3n) is 2.92. The van der Waals surface area contributed by atoms with E-state index < -0.39 is 17.6 Å². The Morgan fingerprint density at radius 1 is 0.952 bits per heavy atom. The summed E-state index contributed by atoms with van der Waals surface area (Å²) in [6, 6.07) is 11.8. The molecule has 1 aliphatic rings. The van der Waals surface area contributed by atoms with E-state index in [4.69, 9.17) is 4.74 Å². The minimum Gasteiger partial charge on any atom is -0.402 e. The average molecular weight is 285 g/mol. The molecule has 0 saturated heterocycles. The van der Waals surface area contributed by atoms with Crippen LogP contribution < -0.4 is 0 Å². The normalized spacial score (nSPS) is 16.0. The largest absolute Gasteiger partial charge is 0.402 e. The molecule has 0 spiro atoms. The van der Waals surface area contributed by atoms with Gasteiger partial charge in [-0.15, -0.1) is 0 Å². The van der Waals surface area contributed by atoms with Crippen molar-refractivity contribution in [2.45, 2.75) is 0 Å². The number of halogens is 2. The molecule has 3 rings (SSSR count). The van der Waals surface area contributed by atoms with Crippen molar-refractivity contribution < 1.29 is 18.3 Å². The van der Waals surface area contributed by atoms with Crippen LogP contribution in [0.5, 0.6) is 0 Å². The van der Waals surface area contributed by atoms with Crippen molar-refractivity contribution in [3.05, 3.63) is 77.0 Å². The Hall–Kier alpha value is -2.82. The van der Waals surface area contributed by atoms with Gasteiger partial charge in [0.2, 0.25) is 5.90 Å². The minimum absolute atomic E-state index is 0.0710. The van der Waals surface area contributed by atoms with Crippen LogP contribution in [-0.2, 0) is 9.53 Å². The van der Waals surface area contributed by atoms with Crippen molar-refractivity contribution in [3.63, 3.8) is 0 Å². The van der Waals surface area contributed by atoms with Crippen LogP contribution in [-0.4, -0.2) is 11.9 Å². The van der Waals surface area contributed by atoms with Gasteiger partial charge in [-0.3, -0.25) is 0 Å². The molecule has 3 nitrogen and oxygen atoms in total. The second-order valence-electron chi connectivity index (χ2n) is 4.34. The first-order chi connectivity index (χ1) is 10.1. The maximum Gasteiger partial charge on any atom is 0.363 e. The van der Waals surface area contributed by atoms with E-state index in [1.807, 2.05) is 0 Å².